The molecule has 2 N–H and O–H groups in total. The zero-order valence-corrected chi connectivity index (χ0v) is 11.0. The lowest BCUT2D eigenvalue weighted by Crippen LogP contribution is -2.26. The molecule has 1 aromatic carbocycles. The van der Waals surface area contributed by atoms with Gasteiger partial charge in [0.1, 0.15) is 11.5 Å². The summed E-state index contributed by atoms with van der Waals surface area (Å²) in [4.78, 5) is 0. The molecule has 18 heavy (non-hydrogen) atoms. The van der Waals surface area contributed by atoms with Crippen LogP contribution in [-0.4, -0.2) is 31.5 Å². The van der Waals surface area contributed by atoms with Gasteiger partial charge in [-0.1, -0.05) is 0 Å². The third-order valence-corrected chi connectivity index (χ3v) is 3.54. The van der Waals surface area contributed by atoms with Crippen molar-refractivity contribution >= 4 is 0 Å². The molecule has 0 aromatic heterocycles. The van der Waals surface area contributed by atoms with Crippen molar-refractivity contribution in [2.24, 2.45) is 5.92 Å². The van der Waals surface area contributed by atoms with Crippen LogP contribution in [0.15, 0.2) is 18.2 Å². The third-order valence-electron chi connectivity index (χ3n) is 3.54. The van der Waals surface area contributed by atoms with Crippen LogP contribution in [0.4, 0.5) is 0 Å². The quantitative estimate of drug-likeness (QED) is 0.839. The zero-order valence-electron chi connectivity index (χ0n) is 11.0. The molecule has 4 nitrogen and oxygen atoms in total. The summed E-state index contributed by atoms with van der Waals surface area (Å²) in [6.45, 7) is 4.53. The van der Waals surface area contributed by atoms with Crippen LogP contribution in [0.25, 0.3) is 0 Å². The van der Waals surface area contributed by atoms with E-state index < -0.39 is 0 Å². The molecule has 0 radical (unpaired) electrons. The van der Waals surface area contributed by atoms with E-state index in [1.165, 1.54) is 0 Å². The van der Waals surface area contributed by atoms with Crippen LogP contribution in [0.3, 0.4) is 0 Å². The van der Waals surface area contributed by atoms with Gasteiger partial charge in [0.05, 0.1) is 13.2 Å². The molecule has 1 saturated heterocycles. The second-order valence-corrected chi connectivity index (χ2v) is 4.75. The van der Waals surface area contributed by atoms with E-state index in [9.17, 15) is 5.11 Å². The molecule has 1 fully saturated rings. The van der Waals surface area contributed by atoms with Gasteiger partial charge < -0.3 is 19.9 Å². The van der Waals surface area contributed by atoms with E-state index in [0.29, 0.717) is 24.3 Å². The minimum Gasteiger partial charge on any atom is -0.508 e. The van der Waals surface area contributed by atoms with Gasteiger partial charge in [-0.25, -0.2) is 0 Å². The molecule has 0 aliphatic carbocycles. The van der Waals surface area contributed by atoms with Crippen molar-refractivity contribution in [2.75, 3.05) is 20.3 Å². The number of methoxy groups -OCH3 is 1. The Hall–Kier alpha value is -1.26. The highest BCUT2D eigenvalue weighted by Crippen LogP contribution is 2.23. The van der Waals surface area contributed by atoms with Crippen molar-refractivity contribution in [3.05, 3.63) is 23.8 Å². The van der Waals surface area contributed by atoms with Gasteiger partial charge >= 0.3 is 0 Å². The molecule has 2 rings (SSSR count). The van der Waals surface area contributed by atoms with Gasteiger partial charge in [0.25, 0.3) is 0 Å². The highest BCUT2D eigenvalue weighted by Gasteiger charge is 2.23. The number of hydrogen-bond acceptors (Lipinski definition) is 4. The molecule has 1 aliphatic rings. The highest BCUT2D eigenvalue weighted by atomic mass is 16.5. The SMILES string of the molecule is COc1ccc(O)c(CNCC2CCOC2C)c1. The van der Waals surface area contributed by atoms with E-state index in [-0.39, 0.29) is 0 Å². The molecule has 0 saturated carbocycles. The van der Waals surface area contributed by atoms with Gasteiger partial charge in [-0.15, -0.1) is 0 Å². The fraction of sp³-hybridized carbons (Fsp3) is 0.571. The highest BCUT2D eigenvalue weighted by molar-refractivity contribution is 5.39. The maximum absolute atomic E-state index is 9.75. The van der Waals surface area contributed by atoms with Gasteiger partial charge in [-0.3, -0.25) is 0 Å². The number of rotatable bonds is 5. The van der Waals surface area contributed by atoms with Gasteiger partial charge in [0.15, 0.2) is 0 Å². The molecule has 0 bridgehead atoms. The third kappa shape index (κ3) is 3.15. The van der Waals surface area contributed by atoms with Crippen molar-refractivity contribution in [1.82, 2.24) is 5.32 Å². The lowest BCUT2D eigenvalue weighted by molar-refractivity contribution is 0.105. The maximum atomic E-state index is 9.75. The largest absolute Gasteiger partial charge is 0.508 e. The summed E-state index contributed by atoms with van der Waals surface area (Å²) in [5, 5.41) is 13.1. The normalized spacial score (nSPS) is 23.2. The second kappa shape index (κ2) is 6.07. The maximum Gasteiger partial charge on any atom is 0.120 e. The van der Waals surface area contributed by atoms with E-state index in [0.717, 1.165) is 30.9 Å². The van der Waals surface area contributed by atoms with Crippen molar-refractivity contribution in [2.45, 2.75) is 26.0 Å². The first-order valence-electron chi connectivity index (χ1n) is 6.39. The number of phenols is 1. The molecular formula is C14H21NO3. The topological polar surface area (TPSA) is 50.7 Å². The number of ether oxygens (including phenoxy) is 2. The number of hydrogen-bond donors (Lipinski definition) is 2. The van der Waals surface area contributed by atoms with E-state index in [4.69, 9.17) is 9.47 Å². The number of nitrogens with one attached hydrogen (secondary N) is 1. The second-order valence-electron chi connectivity index (χ2n) is 4.75. The van der Waals surface area contributed by atoms with Gasteiger partial charge in [-0.2, -0.15) is 0 Å². The molecule has 0 amide bonds. The van der Waals surface area contributed by atoms with Crippen LogP contribution in [0.2, 0.25) is 0 Å². The first-order chi connectivity index (χ1) is 8.70. The lowest BCUT2D eigenvalue weighted by atomic mass is 10.0. The first-order valence-corrected chi connectivity index (χ1v) is 6.39. The van der Waals surface area contributed by atoms with Crippen LogP contribution in [-0.2, 0) is 11.3 Å². The standard InChI is InChI=1S/C14H21NO3/c1-10-11(5-6-18-10)8-15-9-12-7-13(17-2)3-4-14(12)16/h3-4,7,10-11,15-16H,5-6,8-9H2,1-2H3. The Balaban J connectivity index is 1.86. The average Bonchev–Trinajstić information content (AvgIpc) is 2.77. The Bertz CT molecular complexity index is 395. The molecular weight excluding hydrogens is 230 g/mol. The minimum absolute atomic E-state index is 0.305. The molecule has 2 atom stereocenters. The molecule has 1 heterocycles. The van der Waals surface area contributed by atoms with Gasteiger partial charge in [0, 0.05) is 25.3 Å². The van der Waals surface area contributed by atoms with E-state index >= 15 is 0 Å². The van der Waals surface area contributed by atoms with Crippen molar-refractivity contribution < 1.29 is 14.6 Å². The molecule has 1 aromatic rings. The van der Waals surface area contributed by atoms with Crippen LogP contribution in [0.1, 0.15) is 18.9 Å². The summed E-state index contributed by atoms with van der Waals surface area (Å²) in [5.74, 6) is 1.64. The molecule has 0 spiro atoms. The van der Waals surface area contributed by atoms with Gasteiger partial charge in [0.2, 0.25) is 0 Å². The van der Waals surface area contributed by atoms with Crippen LogP contribution < -0.4 is 10.1 Å². The summed E-state index contributed by atoms with van der Waals surface area (Å²) in [6.07, 6.45) is 1.44. The fourth-order valence-corrected chi connectivity index (χ4v) is 2.27. The van der Waals surface area contributed by atoms with Crippen LogP contribution >= 0.6 is 0 Å². The average molecular weight is 251 g/mol. The molecule has 1 aliphatic heterocycles. The van der Waals surface area contributed by atoms with Crippen molar-refractivity contribution in [1.29, 1.82) is 0 Å². The summed E-state index contributed by atoms with van der Waals surface area (Å²) >= 11 is 0. The fourth-order valence-electron chi connectivity index (χ4n) is 2.27. The van der Waals surface area contributed by atoms with E-state index in [1.807, 2.05) is 6.07 Å². The Morgan fingerprint density at radius 1 is 1.50 bits per heavy atom. The molecule has 2 unspecified atom stereocenters. The summed E-state index contributed by atoms with van der Waals surface area (Å²) in [5.41, 5.74) is 0.862. The van der Waals surface area contributed by atoms with Gasteiger partial charge in [-0.05, 0) is 37.5 Å². The summed E-state index contributed by atoms with van der Waals surface area (Å²) in [6, 6.07) is 5.28. The Kier molecular flexibility index (Phi) is 4.44. The smallest absolute Gasteiger partial charge is 0.120 e. The van der Waals surface area contributed by atoms with E-state index in [1.54, 1.807) is 19.2 Å². The zero-order chi connectivity index (χ0) is 13.0. The Morgan fingerprint density at radius 3 is 3.00 bits per heavy atom. The molecule has 4 heteroatoms. The monoisotopic (exact) mass is 251 g/mol. The summed E-state index contributed by atoms with van der Waals surface area (Å²) in [7, 11) is 1.63. The number of aromatic hydroxyl groups is 1. The predicted octanol–water partition coefficient (Wildman–Crippen LogP) is 1.92. The number of phenolic OH excluding ortho intramolecular Hbond substituents is 1. The number of benzene rings is 1. The van der Waals surface area contributed by atoms with Crippen molar-refractivity contribution in [3.8, 4) is 11.5 Å². The molecule has 100 valence electrons. The summed E-state index contributed by atoms with van der Waals surface area (Å²) < 4.78 is 10.7. The Morgan fingerprint density at radius 2 is 2.33 bits per heavy atom. The van der Waals surface area contributed by atoms with E-state index in [2.05, 4.69) is 12.2 Å². The van der Waals surface area contributed by atoms with Crippen LogP contribution in [0.5, 0.6) is 11.5 Å². The first kappa shape index (κ1) is 13.2. The van der Waals surface area contributed by atoms with Crippen molar-refractivity contribution in [3.63, 3.8) is 0 Å². The Labute approximate surface area is 108 Å². The van der Waals surface area contributed by atoms with Crippen LogP contribution in [0, 0.1) is 5.92 Å². The predicted molar refractivity (Wildman–Crippen MR) is 69.9 cm³/mol. The minimum atomic E-state index is 0.305. The lowest BCUT2D eigenvalue weighted by Gasteiger charge is -2.15.